The summed E-state index contributed by atoms with van der Waals surface area (Å²) in [6.07, 6.45) is 6.57. The number of piperidine rings is 1. The van der Waals surface area contributed by atoms with Crippen molar-refractivity contribution >= 4 is 5.97 Å². The molecule has 98 valence electrons. The van der Waals surface area contributed by atoms with Gasteiger partial charge in [-0.05, 0) is 45.1 Å². The number of fused-ring (bicyclic) bond motifs is 1. The number of hydrogen-bond acceptors (Lipinski definition) is 4. The van der Waals surface area contributed by atoms with Crippen molar-refractivity contribution in [3.8, 4) is 0 Å². The van der Waals surface area contributed by atoms with Gasteiger partial charge in [-0.15, -0.1) is 0 Å². The lowest BCUT2D eigenvalue weighted by atomic mass is 9.91. The molecule has 2 aliphatic rings. The van der Waals surface area contributed by atoms with E-state index in [4.69, 9.17) is 10.5 Å². The van der Waals surface area contributed by atoms with Crippen LogP contribution in [-0.2, 0) is 9.53 Å². The van der Waals surface area contributed by atoms with Gasteiger partial charge in [0.25, 0.3) is 0 Å². The first kappa shape index (κ1) is 12.8. The Morgan fingerprint density at radius 3 is 2.94 bits per heavy atom. The van der Waals surface area contributed by atoms with E-state index in [-0.39, 0.29) is 5.97 Å². The van der Waals surface area contributed by atoms with Crippen molar-refractivity contribution in [2.75, 3.05) is 19.7 Å². The summed E-state index contributed by atoms with van der Waals surface area (Å²) in [5, 5.41) is 0. The highest BCUT2D eigenvalue weighted by Crippen LogP contribution is 2.36. The summed E-state index contributed by atoms with van der Waals surface area (Å²) in [6, 6.07) is 0.193. The Morgan fingerprint density at radius 2 is 2.18 bits per heavy atom. The van der Waals surface area contributed by atoms with Crippen LogP contribution in [0.5, 0.6) is 0 Å². The van der Waals surface area contributed by atoms with Crippen LogP contribution in [0.15, 0.2) is 0 Å². The Hall–Kier alpha value is -0.610. The molecule has 2 N–H and O–H groups in total. The number of nitrogens with zero attached hydrogens (tertiary/aromatic N) is 1. The summed E-state index contributed by atoms with van der Waals surface area (Å²) in [7, 11) is 0. The first-order valence-electron chi connectivity index (χ1n) is 6.88. The van der Waals surface area contributed by atoms with Crippen LogP contribution in [0.1, 0.15) is 39.0 Å². The standard InChI is InChI=1S/C13H24N2O2/c1-2-17-13(16)11(14)9-15-8-4-6-10-5-3-7-12(10)15/h10-12H,2-9,14H2,1H3. The molecule has 1 saturated heterocycles. The first-order valence-corrected chi connectivity index (χ1v) is 6.88. The van der Waals surface area contributed by atoms with Crippen molar-refractivity contribution in [1.29, 1.82) is 0 Å². The number of carbonyl (C=O) groups excluding carboxylic acids is 1. The van der Waals surface area contributed by atoms with Crippen LogP contribution in [0, 0.1) is 5.92 Å². The second kappa shape index (κ2) is 5.83. The van der Waals surface area contributed by atoms with Crippen LogP contribution < -0.4 is 5.73 Å². The number of nitrogens with two attached hydrogens (primary N) is 1. The van der Waals surface area contributed by atoms with Gasteiger partial charge in [-0.3, -0.25) is 9.69 Å². The van der Waals surface area contributed by atoms with Crippen molar-refractivity contribution in [2.45, 2.75) is 51.1 Å². The Balaban J connectivity index is 1.86. The topological polar surface area (TPSA) is 55.6 Å². The molecule has 3 unspecified atom stereocenters. The highest BCUT2D eigenvalue weighted by Gasteiger charge is 2.36. The predicted molar refractivity (Wildman–Crippen MR) is 66.5 cm³/mol. The quantitative estimate of drug-likeness (QED) is 0.749. The molecule has 1 saturated carbocycles. The smallest absolute Gasteiger partial charge is 0.324 e. The first-order chi connectivity index (χ1) is 8.22. The molecule has 1 aliphatic heterocycles. The molecule has 2 rings (SSSR count). The van der Waals surface area contributed by atoms with Crippen LogP contribution in [0.4, 0.5) is 0 Å². The van der Waals surface area contributed by atoms with Crippen LogP contribution in [-0.4, -0.2) is 42.6 Å². The molecule has 4 heteroatoms. The largest absolute Gasteiger partial charge is 0.465 e. The minimum Gasteiger partial charge on any atom is -0.465 e. The van der Waals surface area contributed by atoms with E-state index in [1.54, 1.807) is 0 Å². The lowest BCUT2D eigenvalue weighted by Crippen LogP contribution is -2.50. The van der Waals surface area contributed by atoms with Gasteiger partial charge in [-0.25, -0.2) is 0 Å². The van der Waals surface area contributed by atoms with Gasteiger partial charge in [0.1, 0.15) is 6.04 Å². The lowest BCUT2D eigenvalue weighted by molar-refractivity contribution is -0.145. The van der Waals surface area contributed by atoms with Gasteiger partial charge in [-0.1, -0.05) is 6.42 Å². The van der Waals surface area contributed by atoms with Gasteiger partial charge in [0.15, 0.2) is 0 Å². The van der Waals surface area contributed by atoms with Gasteiger partial charge in [-0.2, -0.15) is 0 Å². The van der Waals surface area contributed by atoms with E-state index < -0.39 is 6.04 Å². The number of rotatable bonds is 4. The fourth-order valence-corrected chi connectivity index (χ4v) is 3.36. The second-order valence-corrected chi connectivity index (χ2v) is 5.25. The Morgan fingerprint density at radius 1 is 1.41 bits per heavy atom. The summed E-state index contributed by atoms with van der Waals surface area (Å²) >= 11 is 0. The summed E-state index contributed by atoms with van der Waals surface area (Å²) in [6.45, 7) is 3.99. The molecule has 1 aliphatic carbocycles. The van der Waals surface area contributed by atoms with E-state index in [1.165, 1.54) is 32.1 Å². The second-order valence-electron chi connectivity index (χ2n) is 5.25. The molecular formula is C13H24N2O2. The van der Waals surface area contributed by atoms with Crippen molar-refractivity contribution in [2.24, 2.45) is 11.7 Å². The van der Waals surface area contributed by atoms with Gasteiger partial charge in [0.05, 0.1) is 6.61 Å². The molecule has 0 aromatic carbocycles. The van der Waals surface area contributed by atoms with E-state index in [9.17, 15) is 4.79 Å². The highest BCUT2D eigenvalue weighted by molar-refractivity contribution is 5.75. The molecule has 3 atom stereocenters. The van der Waals surface area contributed by atoms with Crippen molar-refractivity contribution in [3.63, 3.8) is 0 Å². The van der Waals surface area contributed by atoms with Gasteiger partial charge < -0.3 is 10.5 Å². The van der Waals surface area contributed by atoms with Crippen LogP contribution in [0.2, 0.25) is 0 Å². The summed E-state index contributed by atoms with van der Waals surface area (Å²) in [5.41, 5.74) is 5.90. The molecule has 4 nitrogen and oxygen atoms in total. The van der Waals surface area contributed by atoms with Crippen molar-refractivity contribution in [1.82, 2.24) is 4.90 Å². The zero-order chi connectivity index (χ0) is 12.3. The predicted octanol–water partition coefficient (Wildman–Crippen LogP) is 1.14. The average molecular weight is 240 g/mol. The third-order valence-electron chi connectivity index (χ3n) is 4.13. The number of carbonyl (C=O) groups is 1. The third-order valence-corrected chi connectivity index (χ3v) is 4.13. The van der Waals surface area contributed by atoms with Gasteiger partial charge in [0, 0.05) is 12.6 Å². The number of ether oxygens (including phenoxy) is 1. The van der Waals surface area contributed by atoms with E-state index >= 15 is 0 Å². The number of hydrogen-bond donors (Lipinski definition) is 1. The van der Waals surface area contributed by atoms with Crippen LogP contribution >= 0.6 is 0 Å². The SMILES string of the molecule is CCOC(=O)C(N)CN1CCCC2CCCC21. The zero-order valence-corrected chi connectivity index (χ0v) is 10.7. The maximum Gasteiger partial charge on any atom is 0.324 e. The Bertz CT molecular complexity index is 270. The summed E-state index contributed by atoms with van der Waals surface area (Å²) < 4.78 is 4.97. The molecule has 1 heterocycles. The van der Waals surface area contributed by atoms with E-state index in [1.807, 2.05) is 6.92 Å². The van der Waals surface area contributed by atoms with Gasteiger partial charge >= 0.3 is 5.97 Å². The minimum absolute atomic E-state index is 0.257. The fraction of sp³-hybridized carbons (Fsp3) is 0.923. The molecule has 0 spiro atoms. The normalized spacial score (nSPS) is 30.9. The van der Waals surface area contributed by atoms with E-state index in [2.05, 4.69) is 4.90 Å². The van der Waals surface area contributed by atoms with E-state index in [0.717, 1.165) is 12.5 Å². The highest BCUT2D eigenvalue weighted by atomic mass is 16.5. The maximum atomic E-state index is 11.5. The molecule has 0 radical (unpaired) electrons. The van der Waals surface area contributed by atoms with Crippen molar-refractivity contribution < 1.29 is 9.53 Å². The molecule has 17 heavy (non-hydrogen) atoms. The molecular weight excluding hydrogens is 216 g/mol. The van der Waals surface area contributed by atoms with Gasteiger partial charge in [0.2, 0.25) is 0 Å². The minimum atomic E-state index is -0.478. The third kappa shape index (κ3) is 2.99. The number of esters is 1. The summed E-state index contributed by atoms with van der Waals surface area (Å²) in [4.78, 5) is 14.0. The number of likely N-dealkylation sites (tertiary alicyclic amines) is 1. The maximum absolute atomic E-state index is 11.5. The molecule has 0 aromatic rings. The van der Waals surface area contributed by atoms with Crippen molar-refractivity contribution in [3.05, 3.63) is 0 Å². The zero-order valence-electron chi connectivity index (χ0n) is 10.7. The van der Waals surface area contributed by atoms with E-state index in [0.29, 0.717) is 19.2 Å². The lowest BCUT2D eigenvalue weighted by Gasteiger charge is -2.38. The fourth-order valence-electron chi connectivity index (χ4n) is 3.36. The Labute approximate surface area is 103 Å². The summed E-state index contributed by atoms with van der Waals surface area (Å²) in [5.74, 6) is 0.589. The Kier molecular flexibility index (Phi) is 4.40. The molecule has 0 amide bonds. The molecule has 0 bridgehead atoms. The average Bonchev–Trinajstić information content (AvgIpc) is 2.78. The van der Waals surface area contributed by atoms with Crippen LogP contribution in [0.25, 0.3) is 0 Å². The molecule has 2 fully saturated rings. The monoisotopic (exact) mass is 240 g/mol. The molecule has 0 aromatic heterocycles. The van der Waals surface area contributed by atoms with Crippen LogP contribution in [0.3, 0.4) is 0 Å².